The molecule has 14 nitrogen and oxygen atoms in total. The second kappa shape index (κ2) is 24.1. The van der Waals surface area contributed by atoms with Gasteiger partial charge in [-0.1, -0.05) is 18.2 Å². The van der Waals surface area contributed by atoms with Gasteiger partial charge in [-0.2, -0.15) is 0 Å². The van der Waals surface area contributed by atoms with Crippen LogP contribution in [-0.4, -0.2) is 53.3 Å². The van der Waals surface area contributed by atoms with Crippen LogP contribution in [0.1, 0.15) is 43.8 Å². The number of nitrogens with two attached hydrogens (primary N) is 1. The van der Waals surface area contributed by atoms with Crippen LogP contribution in [0.3, 0.4) is 0 Å². The van der Waals surface area contributed by atoms with Crippen molar-refractivity contribution < 1.29 is 38.9 Å². The number of allylic oxidation sites excluding steroid dienone is 2. The number of halogens is 1. The Balaban J connectivity index is -0.000000474. The summed E-state index contributed by atoms with van der Waals surface area (Å²) in [6.07, 6.45) is 5.19. The first kappa shape index (κ1) is 40.5. The van der Waals surface area contributed by atoms with E-state index in [0.29, 0.717) is 30.4 Å². The van der Waals surface area contributed by atoms with Crippen LogP contribution in [0, 0.1) is 20.8 Å². The maximum absolute atomic E-state index is 11.6. The topological polar surface area (TPSA) is 192 Å². The molecule has 0 aliphatic heterocycles. The Bertz CT molecular complexity index is 1130. The minimum absolute atomic E-state index is 0. The van der Waals surface area contributed by atoms with Gasteiger partial charge in [-0.05, 0) is 41.5 Å². The van der Waals surface area contributed by atoms with Crippen LogP contribution in [0.25, 0.3) is 0 Å². The molecule has 5 N–H and O–H groups in total. The van der Waals surface area contributed by atoms with Crippen LogP contribution >= 0.6 is 0 Å². The van der Waals surface area contributed by atoms with Gasteiger partial charge in [-0.3, -0.25) is 35.1 Å². The van der Waals surface area contributed by atoms with Crippen LogP contribution in [0.15, 0.2) is 47.6 Å². The molecule has 0 aliphatic rings. The Kier molecular flexibility index (Phi) is 25.1. The predicted octanol–water partition coefficient (Wildman–Crippen LogP) is -2.27. The Morgan fingerprint density at radius 3 is 1.85 bits per heavy atom. The molecule has 0 fully saturated rings. The molecule has 0 saturated carbocycles. The third kappa shape index (κ3) is 18.0. The van der Waals surface area contributed by atoms with Crippen molar-refractivity contribution in [1.29, 1.82) is 0 Å². The number of hydrogen-bond acceptors (Lipinski definition) is 12. The van der Waals surface area contributed by atoms with Gasteiger partial charge in [-0.15, -0.1) is 40.1 Å². The summed E-state index contributed by atoms with van der Waals surface area (Å²) >= 11 is 0. The smallest absolute Gasteiger partial charge is 0.278 e. The van der Waals surface area contributed by atoms with Crippen LogP contribution < -0.4 is 51.7 Å². The monoisotopic (exact) mass is 662 g/mol. The first-order valence-electron chi connectivity index (χ1n) is 11.5. The maximum atomic E-state index is 11.6. The minimum atomic E-state index is -0.327. The number of nitrogens with one attached hydrogen (secondary N) is 2. The zero-order valence-corrected chi connectivity index (χ0v) is 25.6. The van der Waals surface area contributed by atoms with Crippen molar-refractivity contribution in [2.45, 2.75) is 67.4 Å². The van der Waals surface area contributed by atoms with Crippen molar-refractivity contribution in [1.82, 2.24) is 40.3 Å². The predicted molar refractivity (Wildman–Crippen MR) is 146 cm³/mol. The van der Waals surface area contributed by atoms with E-state index in [0.717, 1.165) is 6.54 Å². The molecular weight excluding hydrogens is 621 g/mol. The lowest BCUT2D eigenvalue weighted by Gasteiger charge is -2.08. The van der Waals surface area contributed by atoms with Crippen molar-refractivity contribution in [2.24, 2.45) is 5.84 Å². The number of Topliss-reactive ketones (excluding diaryl/α,β-unsaturated/α-hetero) is 1. The molecule has 2 aromatic heterocycles. The van der Waals surface area contributed by atoms with Gasteiger partial charge >= 0.3 is 0 Å². The normalized spacial score (nSPS) is 10.1. The molecule has 15 heteroatoms. The van der Waals surface area contributed by atoms with Crippen LogP contribution in [0.2, 0.25) is 0 Å². The minimum Gasteiger partial charge on any atom is -1.00 e. The fourth-order valence-electron chi connectivity index (χ4n) is 2.28. The molecule has 2 aromatic rings. The molecule has 2 heterocycles. The molecule has 39 heavy (non-hydrogen) atoms. The van der Waals surface area contributed by atoms with Gasteiger partial charge < -0.3 is 28.8 Å². The molecular formula is C24H41IN9O5-. The lowest BCUT2D eigenvalue weighted by molar-refractivity contribution is -0.254. The van der Waals surface area contributed by atoms with Gasteiger partial charge in [0.15, 0.2) is 5.69 Å². The number of nitrogens with zero attached hydrogens (tertiary/aromatic N) is 6. The highest BCUT2D eigenvalue weighted by molar-refractivity contribution is 5.72. The van der Waals surface area contributed by atoms with Gasteiger partial charge in [0.1, 0.15) is 29.7 Å². The first-order valence-corrected chi connectivity index (χ1v) is 11.5. The Labute approximate surface area is 246 Å². The summed E-state index contributed by atoms with van der Waals surface area (Å²) < 4.78 is 2.93. The highest BCUT2D eigenvalue weighted by Crippen LogP contribution is 1.92. The molecule has 1 unspecified atom stereocenters. The SMILES string of the molecule is C=CCNC(C)NN.C=CCn1c(C)nnc(C)c1=O.C=CCn1c(C)nnc(COO)c1=O.CC(C)=O.[I-]. The van der Waals surface area contributed by atoms with E-state index >= 15 is 0 Å². The van der Waals surface area contributed by atoms with E-state index in [9.17, 15) is 14.4 Å². The molecule has 0 saturated heterocycles. The van der Waals surface area contributed by atoms with Gasteiger partial charge in [0.05, 0.1) is 6.17 Å². The fraction of sp³-hybridized carbons (Fsp3) is 0.458. The van der Waals surface area contributed by atoms with E-state index in [4.69, 9.17) is 11.1 Å². The summed E-state index contributed by atoms with van der Waals surface area (Å²) in [6, 6.07) is 0. The van der Waals surface area contributed by atoms with E-state index in [1.54, 1.807) is 39.0 Å². The van der Waals surface area contributed by atoms with Crippen LogP contribution in [0.4, 0.5) is 0 Å². The molecule has 0 spiro atoms. The molecule has 0 aliphatic carbocycles. The quantitative estimate of drug-likeness (QED) is 0.0534. The highest BCUT2D eigenvalue weighted by Gasteiger charge is 2.08. The number of aryl methyl sites for hydroxylation is 3. The Hall–Kier alpha value is -2.96. The average molecular weight is 663 g/mol. The maximum Gasteiger partial charge on any atom is 0.278 e. The highest BCUT2D eigenvalue weighted by atomic mass is 127. The third-order valence-electron chi connectivity index (χ3n) is 4.13. The van der Waals surface area contributed by atoms with E-state index < -0.39 is 0 Å². The van der Waals surface area contributed by atoms with Crippen molar-refractivity contribution in [3.8, 4) is 0 Å². The van der Waals surface area contributed by atoms with E-state index in [-0.39, 0.29) is 59.3 Å². The number of carbonyl (C=O) groups excluding carboxylic acids is 1. The van der Waals surface area contributed by atoms with Gasteiger partial charge in [0.2, 0.25) is 0 Å². The number of ketones is 1. The van der Waals surface area contributed by atoms with Gasteiger partial charge in [0, 0.05) is 19.6 Å². The number of carbonyl (C=O) groups is 1. The summed E-state index contributed by atoms with van der Waals surface area (Å²) in [4.78, 5) is 36.3. The average Bonchev–Trinajstić information content (AvgIpc) is 2.87. The zero-order valence-electron chi connectivity index (χ0n) is 23.5. The summed E-state index contributed by atoms with van der Waals surface area (Å²) in [5, 5.41) is 26.1. The third-order valence-corrected chi connectivity index (χ3v) is 4.13. The molecule has 0 amide bonds. The molecule has 1 atom stereocenters. The number of aromatic nitrogens is 6. The molecule has 0 radical (unpaired) electrons. The number of hydrogen-bond donors (Lipinski definition) is 4. The second-order valence-electron chi connectivity index (χ2n) is 7.70. The van der Waals surface area contributed by atoms with Crippen molar-refractivity contribution in [3.63, 3.8) is 0 Å². The Morgan fingerprint density at radius 2 is 1.44 bits per heavy atom. The summed E-state index contributed by atoms with van der Waals surface area (Å²) in [6.45, 7) is 22.0. The molecule has 220 valence electrons. The lowest BCUT2D eigenvalue weighted by atomic mass is 10.4. The largest absolute Gasteiger partial charge is 1.00 e. The molecule has 2 rings (SSSR count). The van der Waals surface area contributed by atoms with Crippen molar-refractivity contribution >= 4 is 5.78 Å². The first-order chi connectivity index (χ1) is 17.9. The van der Waals surface area contributed by atoms with Gasteiger partial charge in [-0.25, -0.2) is 10.3 Å². The summed E-state index contributed by atoms with van der Waals surface area (Å²) in [5.74, 6) is 6.35. The standard InChI is InChI=1S/C8H11N3O3.C8H11N3O.C5H13N3.C3H6O.HI/c1-3-4-11-6(2)9-10-7(5-14-13)8(11)12;1-4-5-11-7(3)10-9-6(2)8(11)12;1-3-4-7-5(2)8-6;1-3(2)4;/h3,13H,1,4-5H2,2H3;4H,1,5H2,2-3H3;3,5,7-8H,1,4,6H2,2H3;1-2H3;1H/p-1. The van der Waals surface area contributed by atoms with E-state index in [1.807, 2.05) is 6.92 Å². The number of hydrazine groups is 1. The second-order valence-corrected chi connectivity index (χ2v) is 7.70. The van der Waals surface area contributed by atoms with Crippen molar-refractivity contribution in [3.05, 3.63) is 81.7 Å². The molecule has 0 bridgehead atoms. The lowest BCUT2D eigenvalue weighted by Crippen LogP contribution is -3.00. The Morgan fingerprint density at radius 1 is 0.974 bits per heavy atom. The summed E-state index contributed by atoms with van der Waals surface area (Å²) in [7, 11) is 0. The van der Waals surface area contributed by atoms with Crippen molar-refractivity contribution in [2.75, 3.05) is 6.54 Å². The van der Waals surface area contributed by atoms with Gasteiger partial charge in [0.25, 0.3) is 11.1 Å². The van der Waals surface area contributed by atoms with Crippen LogP contribution in [0.5, 0.6) is 0 Å². The number of rotatable bonds is 10. The van der Waals surface area contributed by atoms with Crippen LogP contribution in [-0.2, 0) is 29.4 Å². The molecule has 0 aromatic carbocycles. The van der Waals surface area contributed by atoms with E-state index in [1.165, 1.54) is 23.0 Å². The zero-order chi connectivity index (χ0) is 29.7. The fourth-order valence-corrected chi connectivity index (χ4v) is 2.28. The van der Waals surface area contributed by atoms with E-state index in [2.05, 4.69) is 55.8 Å². The summed E-state index contributed by atoms with van der Waals surface area (Å²) in [5.41, 5.74) is 2.61.